The van der Waals surface area contributed by atoms with Crippen molar-refractivity contribution in [1.29, 1.82) is 0 Å². The number of hydrogen-bond acceptors (Lipinski definition) is 3. The molecule has 4 heteroatoms. The number of para-hydroxylation sites is 1. The van der Waals surface area contributed by atoms with Crippen LogP contribution in [0.1, 0.15) is 38.3 Å². The molecule has 1 aliphatic rings. The van der Waals surface area contributed by atoms with Gasteiger partial charge >= 0.3 is 0 Å². The normalized spacial score (nSPS) is 20.1. The summed E-state index contributed by atoms with van der Waals surface area (Å²) < 4.78 is 2.04. The maximum Gasteiger partial charge on any atom is 0.221 e. The molecule has 30 heavy (non-hydrogen) atoms. The van der Waals surface area contributed by atoms with Gasteiger partial charge in [0.15, 0.2) is 5.69 Å². The molecule has 2 heterocycles. The Hall–Kier alpha value is -3.40. The summed E-state index contributed by atoms with van der Waals surface area (Å²) in [5, 5.41) is 21.0. The quantitative estimate of drug-likeness (QED) is 0.366. The zero-order valence-electron chi connectivity index (χ0n) is 17.5. The van der Waals surface area contributed by atoms with Gasteiger partial charge in [-0.2, -0.15) is 5.11 Å². The second kappa shape index (κ2) is 6.56. The predicted molar refractivity (Wildman–Crippen MR) is 121 cm³/mol. The first kappa shape index (κ1) is 18.6. The Balaban J connectivity index is 1.78. The molecule has 1 aromatic heterocycles. The number of benzene rings is 3. The van der Waals surface area contributed by atoms with Gasteiger partial charge < -0.3 is 9.67 Å². The van der Waals surface area contributed by atoms with E-state index in [0.717, 1.165) is 23.0 Å². The molecule has 0 radical (unpaired) electrons. The van der Waals surface area contributed by atoms with Gasteiger partial charge in [-0.25, -0.2) is 0 Å². The molecule has 1 atom stereocenters. The summed E-state index contributed by atoms with van der Waals surface area (Å²) in [6.07, 6.45) is 0.869. The Morgan fingerprint density at radius 2 is 1.47 bits per heavy atom. The topological polar surface area (TPSA) is 49.9 Å². The van der Waals surface area contributed by atoms with Gasteiger partial charge in [0.05, 0.1) is 11.2 Å². The minimum Gasteiger partial charge on any atom is -0.493 e. The molecule has 0 aliphatic carbocycles. The molecular weight excluding hydrogens is 370 g/mol. The molecule has 0 fully saturated rings. The molecule has 1 aliphatic heterocycles. The molecule has 4 aromatic rings. The largest absolute Gasteiger partial charge is 0.493 e. The molecule has 4 nitrogen and oxygen atoms in total. The van der Waals surface area contributed by atoms with Crippen LogP contribution in [0.4, 0.5) is 11.4 Å². The molecule has 3 aromatic carbocycles. The van der Waals surface area contributed by atoms with Gasteiger partial charge in [0.25, 0.3) is 0 Å². The molecule has 5 rings (SSSR count). The number of nitrogens with zero attached hydrogens (tertiary/aromatic N) is 3. The van der Waals surface area contributed by atoms with E-state index in [4.69, 9.17) is 0 Å². The molecule has 0 unspecified atom stereocenters. The molecular formula is C26H25N3O. The minimum absolute atomic E-state index is 0.168. The first-order valence-corrected chi connectivity index (χ1v) is 10.3. The van der Waals surface area contributed by atoms with Gasteiger partial charge in [0.1, 0.15) is 0 Å². The van der Waals surface area contributed by atoms with Crippen LogP contribution in [0.3, 0.4) is 0 Å². The Morgan fingerprint density at radius 1 is 0.800 bits per heavy atom. The first-order chi connectivity index (χ1) is 14.4. The second-order valence-electron chi connectivity index (χ2n) is 8.93. The van der Waals surface area contributed by atoms with E-state index in [-0.39, 0.29) is 16.8 Å². The van der Waals surface area contributed by atoms with E-state index in [9.17, 15) is 5.11 Å². The van der Waals surface area contributed by atoms with Gasteiger partial charge in [-0.3, -0.25) is 0 Å². The molecule has 0 amide bonds. The lowest BCUT2D eigenvalue weighted by atomic mass is 9.66. The third-order valence-electron chi connectivity index (χ3n) is 6.36. The molecule has 1 N–H and O–H groups in total. The third-order valence-corrected chi connectivity index (χ3v) is 6.36. The van der Waals surface area contributed by atoms with Gasteiger partial charge in [0.2, 0.25) is 5.88 Å². The van der Waals surface area contributed by atoms with Crippen molar-refractivity contribution in [2.24, 2.45) is 10.2 Å². The number of hydrogen-bond donors (Lipinski definition) is 1. The summed E-state index contributed by atoms with van der Waals surface area (Å²) >= 11 is 0. The standard InChI is InChI=1S/C26H25N3O/c1-25(2)17-26(3,18-11-6-4-7-12-18)21-16-10-15-20-22(24(30)29(25)23(20)21)28-27-19-13-8-5-9-14-19/h4-16,30H,17H2,1-3H3/t26-/m1/s1. The van der Waals surface area contributed by atoms with Crippen molar-refractivity contribution in [3.8, 4) is 5.88 Å². The maximum absolute atomic E-state index is 11.2. The lowest BCUT2D eigenvalue weighted by Gasteiger charge is -2.45. The Kier molecular flexibility index (Phi) is 4.07. The van der Waals surface area contributed by atoms with E-state index in [1.54, 1.807) is 0 Å². The van der Waals surface area contributed by atoms with Crippen molar-refractivity contribution in [2.45, 2.75) is 38.1 Å². The fraction of sp³-hybridized carbons (Fsp3) is 0.231. The monoisotopic (exact) mass is 395 g/mol. The van der Waals surface area contributed by atoms with Gasteiger partial charge in [-0.15, -0.1) is 5.11 Å². The zero-order valence-corrected chi connectivity index (χ0v) is 17.5. The minimum atomic E-state index is -0.290. The Morgan fingerprint density at radius 3 is 2.17 bits per heavy atom. The van der Waals surface area contributed by atoms with Crippen LogP contribution in [0.15, 0.2) is 89.1 Å². The van der Waals surface area contributed by atoms with Crippen molar-refractivity contribution < 1.29 is 5.11 Å². The van der Waals surface area contributed by atoms with Crippen LogP contribution in [0.2, 0.25) is 0 Å². The van der Waals surface area contributed by atoms with Crippen molar-refractivity contribution >= 4 is 22.3 Å². The van der Waals surface area contributed by atoms with E-state index in [1.807, 2.05) is 41.0 Å². The number of aromatic hydroxyl groups is 1. The van der Waals surface area contributed by atoms with E-state index in [0.29, 0.717) is 5.69 Å². The first-order valence-electron chi connectivity index (χ1n) is 10.3. The van der Waals surface area contributed by atoms with Crippen LogP contribution in [-0.2, 0) is 11.0 Å². The van der Waals surface area contributed by atoms with Crippen LogP contribution >= 0.6 is 0 Å². The SMILES string of the molecule is CC1(C)C[C@](C)(c2ccccc2)c2cccc3c(N=Nc4ccccc4)c(O)n1c23. The van der Waals surface area contributed by atoms with E-state index < -0.39 is 0 Å². The smallest absolute Gasteiger partial charge is 0.221 e. The number of rotatable bonds is 3. The summed E-state index contributed by atoms with van der Waals surface area (Å²) in [4.78, 5) is 0. The highest BCUT2D eigenvalue weighted by atomic mass is 16.3. The molecule has 0 bridgehead atoms. The zero-order chi connectivity index (χ0) is 20.9. The van der Waals surface area contributed by atoms with Crippen molar-refractivity contribution in [3.05, 3.63) is 90.0 Å². The molecule has 0 saturated heterocycles. The number of aromatic nitrogens is 1. The van der Waals surface area contributed by atoms with Gasteiger partial charge in [-0.05, 0) is 43.5 Å². The summed E-state index contributed by atoms with van der Waals surface area (Å²) in [5.41, 5.74) is 4.37. The van der Waals surface area contributed by atoms with Crippen molar-refractivity contribution in [3.63, 3.8) is 0 Å². The Labute approximate surface area is 176 Å². The van der Waals surface area contributed by atoms with Crippen LogP contribution in [0.5, 0.6) is 5.88 Å². The third kappa shape index (κ3) is 2.67. The summed E-state index contributed by atoms with van der Waals surface area (Å²) in [7, 11) is 0. The molecule has 0 spiro atoms. The van der Waals surface area contributed by atoms with Crippen molar-refractivity contribution in [1.82, 2.24) is 4.57 Å². The summed E-state index contributed by atoms with van der Waals surface area (Å²) in [6, 6.07) is 26.5. The average molecular weight is 396 g/mol. The number of azo groups is 1. The van der Waals surface area contributed by atoms with Gasteiger partial charge in [-0.1, -0.05) is 73.7 Å². The second-order valence-corrected chi connectivity index (χ2v) is 8.93. The lowest BCUT2D eigenvalue weighted by Crippen LogP contribution is -2.41. The fourth-order valence-corrected chi connectivity index (χ4v) is 5.15. The van der Waals surface area contributed by atoms with Crippen LogP contribution < -0.4 is 0 Å². The average Bonchev–Trinajstić information content (AvgIpc) is 3.04. The molecule has 0 saturated carbocycles. The van der Waals surface area contributed by atoms with Crippen LogP contribution in [-0.4, -0.2) is 9.67 Å². The highest BCUT2D eigenvalue weighted by Gasteiger charge is 2.44. The van der Waals surface area contributed by atoms with Gasteiger partial charge in [0, 0.05) is 16.3 Å². The van der Waals surface area contributed by atoms with Crippen molar-refractivity contribution in [2.75, 3.05) is 0 Å². The molecule has 150 valence electrons. The highest BCUT2D eigenvalue weighted by Crippen LogP contribution is 2.54. The van der Waals surface area contributed by atoms with Crippen LogP contribution in [0.25, 0.3) is 10.9 Å². The van der Waals surface area contributed by atoms with Crippen LogP contribution in [0, 0.1) is 0 Å². The highest BCUT2D eigenvalue weighted by molar-refractivity contribution is 5.98. The fourth-order valence-electron chi connectivity index (χ4n) is 5.15. The van der Waals surface area contributed by atoms with E-state index in [1.165, 1.54) is 11.1 Å². The summed E-state index contributed by atoms with van der Waals surface area (Å²) in [6.45, 7) is 6.67. The Bertz CT molecular complexity index is 1260. The van der Waals surface area contributed by atoms with E-state index in [2.05, 4.69) is 73.5 Å². The summed E-state index contributed by atoms with van der Waals surface area (Å²) in [5.74, 6) is 0.178. The lowest BCUT2D eigenvalue weighted by molar-refractivity contribution is 0.236. The maximum atomic E-state index is 11.2. The predicted octanol–water partition coefficient (Wildman–Crippen LogP) is 7.21. The van der Waals surface area contributed by atoms with E-state index >= 15 is 0 Å².